The molecule has 3 aromatic rings. The first-order chi connectivity index (χ1) is 13.5. The van der Waals surface area contributed by atoms with Gasteiger partial charge in [-0.2, -0.15) is 0 Å². The fourth-order valence-corrected chi connectivity index (χ4v) is 4.69. The summed E-state index contributed by atoms with van der Waals surface area (Å²) in [6, 6.07) is 12.7. The van der Waals surface area contributed by atoms with Crippen LogP contribution < -0.4 is 5.32 Å². The van der Waals surface area contributed by atoms with Gasteiger partial charge in [0.15, 0.2) is 5.11 Å². The van der Waals surface area contributed by atoms with Crippen LogP contribution in [0, 0.1) is 13.8 Å². The van der Waals surface area contributed by atoms with Crippen molar-refractivity contribution in [3.63, 3.8) is 0 Å². The third-order valence-electron chi connectivity index (χ3n) is 5.46. The second-order valence-corrected chi connectivity index (χ2v) is 8.01. The first-order valence-electron chi connectivity index (χ1n) is 9.66. The standard InChI is InChI=1S/C22H26N4OS/c1-14(2)26-15(3)12-18(16(26)4)21-20(19-9-5-6-10-23-19)24-22(28)25(21)13-17-8-7-11-27-17/h5-12,14,20-21H,13H2,1-4H3,(H,24,28)/t20-,21-/m1/s1. The van der Waals surface area contributed by atoms with Crippen LogP contribution in [0.25, 0.3) is 0 Å². The predicted molar refractivity (Wildman–Crippen MR) is 114 cm³/mol. The molecule has 4 heterocycles. The van der Waals surface area contributed by atoms with Gasteiger partial charge in [-0.25, -0.2) is 0 Å². The minimum absolute atomic E-state index is 0.00947. The lowest BCUT2D eigenvalue weighted by molar-refractivity contribution is 0.286. The van der Waals surface area contributed by atoms with E-state index >= 15 is 0 Å². The maximum absolute atomic E-state index is 5.74. The van der Waals surface area contributed by atoms with Crippen molar-refractivity contribution in [2.75, 3.05) is 0 Å². The minimum atomic E-state index is -0.00947. The molecule has 0 amide bonds. The SMILES string of the molecule is Cc1cc([C@@H]2[C@@H](c3ccccn3)NC(=S)N2Cc2ccco2)c(C)n1C(C)C. The number of rotatable bonds is 5. The zero-order chi connectivity index (χ0) is 19.8. The van der Waals surface area contributed by atoms with Gasteiger partial charge in [0.2, 0.25) is 0 Å². The molecule has 146 valence electrons. The van der Waals surface area contributed by atoms with Gasteiger partial charge in [-0.05, 0) is 75.8 Å². The molecule has 4 rings (SSSR count). The van der Waals surface area contributed by atoms with Crippen molar-refractivity contribution in [1.29, 1.82) is 0 Å². The Morgan fingerprint density at radius 3 is 2.64 bits per heavy atom. The van der Waals surface area contributed by atoms with Crippen molar-refractivity contribution in [1.82, 2.24) is 19.8 Å². The molecule has 6 heteroatoms. The van der Waals surface area contributed by atoms with Gasteiger partial charge in [-0.15, -0.1) is 0 Å². The fraction of sp³-hybridized carbons (Fsp3) is 0.364. The third-order valence-corrected chi connectivity index (χ3v) is 5.81. The Bertz CT molecular complexity index is 962. The van der Waals surface area contributed by atoms with Crippen LogP contribution in [0.4, 0.5) is 0 Å². The maximum Gasteiger partial charge on any atom is 0.170 e. The predicted octanol–water partition coefficient (Wildman–Crippen LogP) is 4.85. The molecule has 0 aliphatic carbocycles. The quantitative estimate of drug-likeness (QED) is 0.627. The molecule has 1 aliphatic heterocycles. The van der Waals surface area contributed by atoms with Gasteiger partial charge < -0.3 is 19.2 Å². The number of pyridine rings is 1. The Balaban J connectivity index is 1.81. The van der Waals surface area contributed by atoms with E-state index in [1.54, 1.807) is 6.26 Å². The van der Waals surface area contributed by atoms with Gasteiger partial charge in [0.25, 0.3) is 0 Å². The van der Waals surface area contributed by atoms with Crippen molar-refractivity contribution in [2.45, 2.75) is 52.4 Å². The van der Waals surface area contributed by atoms with Gasteiger partial charge in [0.1, 0.15) is 5.76 Å². The second kappa shape index (κ2) is 7.43. The molecular formula is C22H26N4OS. The maximum atomic E-state index is 5.74. The lowest BCUT2D eigenvalue weighted by Crippen LogP contribution is -2.29. The van der Waals surface area contributed by atoms with Crippen molar-refractivity contribution in [3.8, 4) is 0 Å². The first-order valence-corrected chi connectivity index (χ1v) is 10.1. The van der Waals surface area contributed by atoms with Gasteiger partial charge in [-0.1, -0.05) is 6.07 Å². The number of furan rings is 1. The van der Waals surface area contributed by atoms with E-state index in [9.17, 15) is 0 Å². The summed E-state index contributed by atoms with van der Waals surface area (Å²) in [6.45, 7) is 9.43. The van der Waals surface area contributed by atoms with Gasteiger partial charge >= 0.3 is 0 Å². The van der Waals surface area contributed by atoms with Gasteiger partial charge in [-0.3, -0.25) is 4.98 Å². The molecule has 0 aromatic carbocycles. The van der Waals surface area contributed by atoms with Crippen molar-refractivity contribution in [2.24, 2.45) is 0 Å². The molecule has 1 N–H and O–H groups in total. The van der Waals surface area contributed by atoms with Crippen LogP contribution in [0.2, 0.25) is 0 Å². The number of hydrogen-bond acceptors (Lipinski definition) is 3. The summed E-state index contributed by atoms with van der Waals surface area (Å²) in [4.78, 5) is 6.84. The average Bonchev–Trinajstić information content (AvgIpc) is 3.36. The Hall–Kier alpha value is -2.60. The van der Waals surface area contributed by atoms with Crippen LogP contribution in [0.15, 0.2) is 53.3 Å². The van der Waals surface area contributed by atoms with E-state index in [4.69, 9.17) is 16.6 Å². The number of aromatic nitrogens is 2. The summed E-state index contributed by atoms with van der Waals surface area (Å²) < 4.78 is 8.00. The summed E-state index contributed by atoms with van der Waals surface area (Å²) in [5.74, 6) is 0.897. The highest BCUT2D eigenvalue weighted by molar-refractivity contribution is 7.80. The monoisotopic (exact) mass is 394 g/mol. The first kappa shape index (κ1) is 18.7. The Morgan fingerprint density at radius 1 is 1.21 bits per heavy atom. The molecule has 0 saturated carbocycles. The number of aryl methyl sites for hydroxylation is 1. The molecule has 28 heavy (non-hydrogen) atoms. The van der Waals surface area contributed by atoms with Crippen LogP contribution in [-0.2, 0) is 6.54 Å². The fourth-order valence-electron chi connectivity index (χ4n) is 4.38. The smallest absolute Gasteiger partial charge is 0.170 e. The zero-order valence-electron chi connectivity index (χ0n) is 16.7. The summed E-state index contributed by atoms with van der Waals surface area (Å²) in [5, 5.41) is 4.24. The van der Waals surface area contributed by atoms with E-state index in [1.807, 2.05) is 30.5 Å². The molecule has 5 nitrogen and oxygen atoms in total. The van der Waals surface area contributed by atoms with Crippen LogP contribution >= 0.6 is 12.2 Å². The van der Waals surface area contributed by atoms with E-state index in [-0.39, 0.29) is 12.1 Å². The van der Waals surface area contributed by atoms with E-state index in [0.29, 0.717) is 12.6 Å². The number of nitrogens with one attached hydrogen (secondary N) is 1. The molecule has 0 unspecified atom stereocenters. The zero-order valence-corrected chi connectivity index (χ0v) is 17.5. The van der Waals surface area contributed by atoms with E-state index in [2.05, 4.69) is 59.6 Å². The summed E-state index contributed by atoms with van der Waals surface area (Å²) >= 11 is 5.74. The minimum Gasteiger partial charge on any atom is -0.467 e. The van der Waals surface area contributed by atoms with Crippen LogP contribution in [0.3, 0.4) is 0 Å². The normalized spacial score (nSPS) is 19.5. The Labute approximate surface area is 171 Å². The van der Waals surface area contributed by atoms with Crippen molar-refractivity contribution >= 4 is 17.3 Å². The van der Waals surface area contributed by atoms with E-state index in [1.165, 1.54) is 17.0 Å². The highest BCUT2D eigenvalue weighted by Crippen LogP contribution is 2.42. The highest BCUT2D eigenvalue weighted by atomic mass is 32.1. The van der Waals surface area contributed by atoms with Crippen LogP contribution in [0.1, 0.15) is 60.4 Å². The average molecular weight is 395 g/mol. The summed E-state index contributed by atoms with van der Waals surface area (Å²) in [7, 11) is 0. The number of hydrogen-bond donors (Lipinski definition) is 1. The molecule has 1 aliphatic rings. The van der Waals surface area contributed by atoms with Gasteiger partial charge in [0, 0.05) is 23.6 Å². The molecule has 1 saturated heterocycles. The summed E-state index contributed by atoms with van der Waals surface area (Å²) in [6.07, 6.45) is 3.54. The van der Waals surface area contributed by atoms with Crippen molar-refractivity contribution in [3.05, 3.63) is 77.3 Å². The van der Waals surface area contributed by atoms with E-state index in [0.717, 1.165) is 16.6 Å². The summed E-state index contributed by atoms with van der Waals surface area (Å²) in [5.41, 5.74) is 4.80. The largest absolute Gasteiger partial charge is 0.467 e. The van der Waals surface area contributed by atoms with Gasteiger partial charge in [0.05, 0.1) is 30.6 Å². The molecule has 3 aromatic heterocycles. The molecule has 2 atom stereocenters. The Morgan fingerprint density at radius 2 is 2.04 bits per heavy atom. The van der Waals surface area contributed by atoms with Crippen LogP contribution in [0.5, 0.6) is 0 Å². The van der Waals surface area contributed by atoms with Crippen LogP contribution in [-0.4, -0.2) is 19.6 Å². The van der Waals surface area contributed by atoms with Crippen molar-refractivity contribution < 1.29 is 4.42 Å². The molecule has 0 bridgehead atoms. The highest BCUT2D eigenvalue weighted by Gasteiger charge is 2.41. The molecule has 1 fully saturated rings. The molecular weight excluding hydrogens is 368 g/mol. The lowest BCUT2D eigenvalue weighted by atomic mass is 9.96. The van der Waals surface area contributed by atoms with E-state index < -0.39 is 0 Å². The molecule has 0 radical (unpaired) electrons. The number of thiocarbonyl (C=S) groups is 1. The number of nitrogens with zero attached hydrogens (tertiary/aromatic N) is 3. The Kier molecular flexibility index (Phi) is 4.98. The molecule has 0 spiro atoms. The topological polar surface area (TPSA) is 46.2 Å². The third kappa shape index (κ3) is 3.22. The lowest BCUT2D eigenvalue weighted by Gasteiger charge is -2.27. The second-order valence-electron chi connectivity index (χ2n) is 7.62.